The fraction of sp³-hybridized carbons (Fsp3) is 0.409. The highest BCUT2D eigenvalue weighted by Crippen LogP contribution is 2.22. The maximum absolute atomic E-state index is 12.8. The molecule has 174 valence electrons. The lowest BCUT2D eigenvalue weighted by Crippen LogP contribution is -2.45. The number of benzene rings is 2. The van der Waals surface area contributed by atoms with Gasteiger partial charge in [-0.1, -0.05) is 24.6 Å². The van der Waals surface area contributed by atoms with Crippen LogP contribution in [0.4, 0.5) is 0 Å². The minimum Gasteiger partial charge on any atom is -0.457 e. The van der Waals surface area contributed by atoms with E-state index >= 15 is 0 Å². The summed E-state index contributed by atoms with van der Waals surface area (Å²) in [5.74, 6) is 0.338. The van der Waals surface area contributed by atoms with E-state index in [1.807, 2.05) is 18.2 Å². The van der Waals surface area contributed by atoms with E-state index in [2.05, 4.69) is 9.62 Å². The topological polar surface area (TPSA) is 117 Å². The molecule has 3 rings (SSSR count). The molecule has 2 aromatic rings. The summed E-state index contributed by atoms with van der Waals surface area (Å²) in [4.78, 5) is 14.3. The van der Waals surface area contributed by atoms with Crippen LogP contribution in [0.25, 0.3) is 0 Å². The number of morpholine rings is 1. The van der Waals surface area contributed by atoms with E-state index in [1.54, 1.807) is 29.7 Å². The first kappa shape index (κ1) is 24.1. The van der Waals surface area contributed by atoms with Gasteiger partial charge < -0.3 is 9.47 Å². The van der Waals surface area contributed by atoms with E-state index < -0.39 is 22.0 Å². The molecular formula is C22H29N3O6S. The van der Waals surface area contributed by atoms with Gasteiger partial charge in [0.05, 0.1) is 18.1 Å². The first-order chi connectivity index (χ1) is 15.5. The maximum atomic E-state index is 12.8. The van der Waals surface area contributed by atoms with E-state index in [0.717, 1.165) is 26.1 Å². The van der Waals surface area contributed by atoms with Crippen LogP contribution in [0, 0.1) is 0 Å². The van der Waals surface area contributed by atoms with Gasteiger partial charge in [-0.3, -0.25) is 14.9 Å². The molecule has 32 heavy (non-hydrogen) atoms. The molecule has 0 spiro atoms. The Kier molecular flexibility index (Phi) is 9.00. The van der Waals surface area contributed by atoms with Crippen molar-refractivity contribution < 1.29 is 27.9 Å². The van der Waals surface area contributed by atoms with Crippen LogP contribution in [0.3, 0.4) is 0 Å². The van der Waals surface area contributed by atoms with Gasteiger partial charge >= 0.3 is 0 Å². The number of para-hydroxylation sites is 1. The van der Waals surface area contributed by atoms with Crippen molar-refractivity contribution in [3.63, 3.8) is 0 Å². The summed E-state index contributed by atoms with van der Waals surface area (Å²) in [6, 6.07) is 14.0. The van der Waals surface area contributed by atoms with E-state index in [4.69, 9.17) is 14.7 Å². The molecule has 1 aliphatic rings. The molecule has 3 N–H and O–H groups in total. The molecule has 0 bridgehead atoms. The molecule has 1 amide bonds. The van der Waals surface area contributed by atoms with Gasteiger partial charge in [0, 0.05) is 13.1 Å². The molecule has 0 aromatic heterocycles. The Labute approximate surface area is 188 Å². The summed E-state index contributed by atoms with van der Waals surface area (Å²) < 4.78 is 38.9. The van der Waals surface area contributed by atoms with Gasteiger partial charge in [0.1, 0.15) is 17.5 Å². The van der Waals surface area contributed by atoms with Crippen molar-refractivity contribution in [1.82, 2.24) is 15.1 Å². The number of carbonyl (C=O) groups excluding carboxylic acids is 1. The Morgan fingerprint density at radius 3 is 2.34 bits per heavy atom. The molecule has 1 atom stereocenters. The molecule has 1 aliphatic heterocycles. The van der Waals surface area contributed by atoms with E-state index in [0.29, 0.717) is 31.1 Å². The third-order valence-electron chi connectivity index (χ3n) is 5.16. The summed E-state index contributed by atoms with van der Waals surface area (Å²) in [5.41, 5.74) is 1.55. The molecule has 10 heteroatoms. The smallest absolute Gasteiger partial charge is 0.261 e. The van der Waals surface area contributed by atoms with Crippen LogP contribution in [-0.2, 0) is 19.6 Å². The van der Waals surface area contributed by atoms with Gasteiger partial charge in [0.25, 0.3) is 5.91 Å². The number of rotatable bonds is 11. The van der Waals surface area contributed by atoms with Crippen LogP contribution >= 0.6 is 0 Å². The molecule has 0 aliphatic carbocycles. The molecule has 0 unspecified atom stereocenters. The number of hydrogen-bond donors (Lipinski definition) is 3. The van der Waals surface area contributed by atoms with Crippen LogP contribution in [0.1, 0.15) is 19.3 Å². The minimum absolute atomic E-state index is 0.00182. The van der Waals surface area contributed by atoms with E-state index in [1.165, 1.54) is 12.1 Å². The Morgan fingerprint density at radius 2 is 1.69 bits per heavy atom. The number of unbranched alkanes of at least 4 members (excludes halogenated alkanes) is 1. The van der Waals surface area contributed by atoms with Gasteiger partial charge in [-0.2, -0.15) is 4.72 Å². The van der Waals surface area contributed by atoms with Crippen molar-refractivity contribution in [1.29, 1.82) is 0 Å². The second kappa shape index (κ2) is 11.9. The summed E-state index contributed by atoms with van der Waals surface area (Å²) in [5, 5.41) is 9.04. The third-order valence-corrected chi connectivity index (χ3v) is 6.65. The normalized spacial score (nSPS) is 15.8. The van der Waals surface area contributed by atoms with Gasteiger partial charge in [-0.05, 0) is 55.8 Å². The maximum Gasteiger partial charge on any atom is 0.261 e. The molecule has 1 heterocycles. The van der Waals surface area contributed by atoms with Crippen molar-refractivity contribution in [2.75, 3.05) is 32.8 Å². The number of nitrogens with zero attached hydrogens (tertiary/aromatic N) is 1. The molecule has 0 radical (unpaired) electrons. The zero-order valence-corrected chi connectivity index (χ0v) is 18.6. The molecular weight excluding hydrogens is 434 g/mol. The average molecular weight is 464 g/mol. The number of hydroxylamine groups is 1. The van der Waals surface area contributed by atoms with E-state index in [-0.39, 0.29) is 11.3 Å². The Hall–Kier alpha value is -2.50. The van der Waals surface area contributed by atoms with Crippen molar-refractivity contribution in [2.45, 2.75) is 30.2 Å². The summed E-state index contributed by atoms with van der Waals surface area (Å²) in [7, 11) is -3.97. The Balaban J connectivity index is 1.56. The number of nitrogens with one attached hydrogen (secondary N) is 2. The fourth-order valence-electron chi connectivity index (χ4n) is 3.40. The first-order valence-electron chi connectivity index (χ1n) is 10.6. The van der Waals surface area contributed by atoms with Crippen LogP contribution in [0.2, 0.25) is 0 Å². The summed E-state index contributed by atoms with van der Waals surface area (Å²) in [6.45, 7) is 4.02. The molecule has 0 saturated carbocycles. The molecule has 2 aromatic carbocycles. The monoisotopic (exact) mass is 463 g/mol. The van der Waals surface area contributed by atoms with Gasteiger partial charge in [0.15, 0.2) is 0 Å². The van der Waals surface area contributed by atoms with Crippen molar-refractivity contribution in [3.8, 4) is 11.5 Å². The van der Waals surface area contributed by atoms with Gasteiger partial charge in [-0.25, -0.2) is 13.9 Å². The third kappa shape index (κ3) is 7.28. The number of sulfonamides is 1. The summed E-state index contributed by atoms with van der Waals surface area (Å²) >= 11 is 0. The fourth-order valence-corrected chi connectivity index (χ4v) is 4.63. The van der Waals surface area contributed by atoms with Crippen LogP contribution in [0.5, 0.6) is 11.5 Å². The predicted octanol–water partition coefficient (Wildman–Crippen LogP) is 2.13. The van der Waals surface area contributed by atoms with Crippen molar-refractivity contribution in [2.24, 2.45) is 0 Å². The van der Waals surface area contributed by atoms with Gasteiger partial charge in [-0.15, -0.1) is 0 Å². The number of hydrogen-bond acceptors (Lipinski definition) is 7. The van der Waals surface area contributed by atoms with Crippen LogP contribution in [0.15, 0.2) is 59.5 Å². The second-order valence-corrected chi connectivity index (χ2v) is 9.20. The standard InChI is InChI=1S/C22H29N3O6S/c26-22(23-27)21(8-4-5-13-25-14-16-30-17-15-25)24-32(28,29)20-11-9-19(10-12-20)31-18-6-2-1-3-7-18/h1-3,6-7,9-12,21,24,27H,4-5,8,13-17H2,(H,23,26)/t21-/m1/s1. The first-order valence-corrected chi connectivity index (χ1v) is 12.1. The minimum atomic E-state index is -3.97. The predicted molar refractivity (Wildman–Crippen MR) is 118 cm³/mol. The highest BCUT2D eigenvalue weighted by molar-refractivity contribution is 7.89. The number of carbonyl (C=O) groups is 1. The highest BCUT2D eigenvalue weighted by Gasteiger charge is 2.25. The lowest BCUT2D eigenvalue weighted by molar-refractivity contribution is -0.131. The van der Waals surface area contributed by atoms with Gasteiger partial charge in [0.2, 0.25) is 10.0 Å². The lowest BCUT2D eigenvalue weighted by atomic mass is 10.1. The number of ether oxygens (including phenoxy) is 2. The average Bonchev–Trinajstić information content (AvgIpc) is 2.82. The van der Waals surface area contributed by atoms with Crippen molar-refractivity contribution in [3.05, 3.63) is 54.6 Å². The molecule has 1 fully saturated rings. The van der Waals surface area contributed by atoms with E-state index in [9.17, 15) is 13.2 Å². The largest absolute Gasteiger partial charge is 0.457 e. The van der Waals surface area contributed by atoms with Crippen molar-refractivity contribution >= 4 is 15.9 Å². The highest BCUT2D eigenvalue weighted by atomic mass is 32.2. The molecule has 1 saturated heterocycles. The quantitative estimate of drug-likeness (QED) is 0.265. The van der Waals surface area contributed by atoms with Crippen LogP contribution < -0.4 is 14.9 Å². The Bertz CT molecular complexity index is 947. The van der Waals surface area contributed by atoms with Crippen LogP contribution in [-0.4, -0.2) is 63.3 Å². The summed E-state index contributed by atoms with van der Waals surface area (Å²) in [6.07, 6.45) is 1.70. The number of amides is 1. The SMILES string of the molecule is O=C(NO)[C@@H](CCCCN1CCOCC1)NS(=O)(=O)c1ccc(Oc2ccccc2)cc1. The Morgan fingerprint density at radius 1 is 1.03 bits per heavy atom. The second-order valence-electron chi connectivity index (χ2n) is 7.49. The molecule has 9 nitrogen and oxygen atoms in total. The zero-order valence-electron chi connectivity index (χ0n) is 17.8. The zero-order chi connectivity index (χ0) is 22.8. The lowest BCUT2D eigenvalue weighted by Gasteiger charge is -2.26.